The van der Waals surface area contributed by atoms with E-state index in [2.05, 4.69) is 20.5 Å². The molecule has 2 N–H and O–H groups in total. The van der Waals surface area contributed by atoms with Crippen molar-refractivity contribution in [3.05, 3.63) is 36.0 Å². The number of carbonyl (C=O) groups is 1. The number of aliphatic hydroxyl groups is 1. The predicted molar refractivity (Wildman–Crippen MR) is 109 cm³/mol. The fourth-order valence-corrected chi connectivity index (χ4v) is 5.55. The van der Waals surface area contributed by atoms with Crippen LogP contribution in [-0.2, 0) is 23.5 Å². The topological polar surface area (TPSA) is 96.4 Å². The molecule has 8 heteroatoms. The van der Waals surface area contributed by atoms with Crippen molar-refractivity contribution >= 4 is 5.91 Å². The van der Waals surface area contributed by atoms with E-state index in [1.54, 1.807) is 6.26 Å². The van der Waals surface area contributed by atoms with Gasteiger partial charge in [-0.05, 0) is 50.3 Å². The first kappa shape index (κ1) is 19.8. The predicted octanol–water partition coefficient (Wildman–Crippen LogP) is 2.05. The summed E-state index contributed by atoms with van der Waals surface area (Å²) >= 11 is 0. The third-order valence-electron chi connectivity index (χ3n) is 7.33. The minimum atomic E-state index is -0.806. The van der Waals surface area contributed by atoms with Crippen LogP contribution in [0.1, 0.15) is 56.4 Å². The SMILES string of the molecule is O=C(NCc1ccco1)[C@H]1CN2CC[C@@H]1C[C@@H]2Cn1cc(C2(O)CCCCC2)nn1. The number of carbonyl (C=O) groups excluding carboxylic acids is 1. The largest absolute Gasteiger partial charge is 0.467 e. The van der Waals surface area contributed by atoms with Crippen LogP contribution in [0.15, 0.2) is 29.0 Å². The normalized spacial score (nSPS) is 30.3. The molecule has 5 heterocycles. The van der Waals surface area contributed by atoms with E-state index >= 15 is 0 Å². The van der Waals surface area contributed by atoms with E-state index in [1.165, 1.54) is 6.42 Å². The lowest BCUT2D eigenvalue weighted by Crippen LogP contribution is -2.58. The van der Waals surface area contributed by atoms with Crippen molar-refractivity contribution in [3.8, 4) is 0 Å². The van der Waals surface area contributed by atoms with Crippen LogP contribution >= 0.6 is 0 Å². The average Bonchev–Trinajstić information content (AvgIpc) is 3.45. The minimum Gasteiger partial charge on any atom is -0.467 e. The molecule has 30 heavy (non-hydrogen) atoms. The monoisotopic (exact) mass is 413 g/mol. The Morgan fingerprint density at radius 3 is 2.93 bits per heavy atom. The molecule has 6 rings (SSSR count). The molecule has 1 amide bonds. The Morgan fingerprint density at radius 1 is 1.33 bits per heavy atom. The second-order valence-corrected chi connectivity index (χ2v) is 9.25. The molecule has 0 aromatic carbocycles. The molecular formula is C22H31N5O3. The van der Waals surface area contributed by atoms with Crippen molar-refractivity contribution in [1.29, 1.82) is 0 Å². The molecule has 0 radical (unpaired) electrons. The Morgan fingerprint density at radius 2 is 2.20 bits per heavy atom. The van der Waals surface area contributed by atoms with E-state index < -0.39 is 5.60 Å². The Kier molecular flexibility index (Phi) is 5.37. The zero-order valence-electron chi connectivity index (χ0n) is 17.4. The molecule has 4 atom stereocenters. The summed E-state index contributed by atoms with van der Waals surface area (Å²) in [7, 11) is 0. The molecule has 3 aliphatic heterocycles. The van der Waals surface area contributed by atoms with Crippen molar-refractivity contribution < 1.29 is 14.3 Å². The highest BCUT2D eigenvalue weighted by Crippen LogP contribution is 2.38. The number of aromatic nitrogens is 3. The maximum absolute atomic E-state index is 12.7. The highest BCUT2D eigenvalue weighted by molar-refractivity contribution is 5.79. The van der Waals surface area contributed by atoms with Gasteiger partial charge in [0.2, 0.25) is 5.91 Å². The Bertz CT molecular complexity index is 858. The second-order valence-electron chi connectivity index (χ2n) is 9.25. The Labute approximate surface area is 176 Å². The van der Waals surface area contributed by atoms with Crippen LogP contribution in [0.4, 0.5) is 0 Å². The van der Waals surface area contributed by atoms with Gasteiger partial charge in [0.15, 0.2) is 0 Å². The zero-order valence-corrected chi connectivity index (χ0v) is 17.4. The van der Waals surface area contributed by atoms with Gasteiger partial charge in [0, 0.05) is 12.6 Å². The van der Waals surface area contributed by atoms with E-state index in [0.717, 1.165) is 63.9 Å². The van der Waals surface area contributed by atoms with E-state index in [-0.39, 0.29) is 11.8 Å². The van der Waals surface area contributed by atoms with Gasteiger partial charge in [-0.1, -0.05) is 24.5 Å². The highest BCUT2D eigenvalue weighted by Gasteiger charge is 2.43. The van der Waals surface area contributed by atoms with Gasteiger partial charge in [-0.3, -0.25) is 14.4 Å². The van der Waals surface area contributed by atoms with E-state index in [1.807, 2.05) is 23.0 Å². The fourth-order valence-electron chi connectivity index (χ4n) is 5.55. The maximum Gasteiger partial charge on any atom is 0.225 e. The van der Waals surface area contributed by atoms with Gasteiger partial charge in [-0.15, -0.1) is 5.10 Å². The van der Waals surface area contributed by atoms with Gasteiger partial charge >= 0.3 is 0 Å². The summed E-state index contributed by atoms with van der Waals surface area (Å²) in [5.74, 6) is 1.35. The molecule has 1 unspecified atom stereocenters. The number of piperidine rings is 3. The lowest BCUT2D eigenvalue weighted by atomic mass is 9.75. The van der Waals surface area contributed by atoms with Gasteiger partial charge < -0.3 is 14.8 Å². The molecule has 2 aromatic heterocycles. The zero-order chi connectivity index (χ0) is 20.6. The first-order valence-corrected chi connectivity index (χ1v) is 11.3. The Hall–Kier alpha value is -2.19. The molecule has 1 saturated carbocycles. The van der Waals surface area contributed by atoms with Crippen molar-refractivity contribution in [2.24, 2.45) is 11.8 Å². The van der Waals surface area contributed by atoms with Gasteiger partial charge in [0.25, 0.3) is 0 Å². The van der Waals surface area contributed by atoms with Crippen molar-refractivity contribution in [2.75, 3.05) is 13.1 Å². The molecule has 2 aromatic rings. The summed E-state index contributed by atoms with van der Waals surface area (Å²) in [4.78, 5) is 15.2. The summed E-state index contributed by atoms with van der Waals surface area (Å²) in [6, 6.07) is 4.08. The van der Waals surface area contributed by atoms with Crippen LogP contribution in [0, 0.1) is 11.8 Å². The van der Waals surface area contributed by atoms with E-state index in [0.29, 0.717) is 24.2 Å². The molecule has 3 saturated heterocycles. The Balaban J connectivity index is 1.18. The van der Waals surface area contributed by atoms with Crippen molar-refractivity contribution in [1.82, 2.24) is 25.2 Å². The van der Waals surface area contributed by atoms with Crippen LogP contribution in [0.5, 0.6) is 0 Å². The lowest BCUT2D eigenvalue weighted by Gasteiger charge is -2.49. The maximum atomic E-state index is 12.7. The molecule has 0 spiro atoms. The molecule has 4 aliphatic rings. The number of fused-ring (bicyclic) bond motifs is 3. The van der Waals surface area contributed by atoms with Crippen LogP contribution < -0.4 is 5.32 Å². The first-order valence-electron chi connectivity index (χ1n) is 11.3. The van der Waals surface area contributed by atoms with Crippen LogP contribution in [0.2, 0.25) is 0 Å². The van der Waals surface area contributed by atoms with Gasteiger partial charge in [-0.25, -0.2) is 0 Å². The van der Waals surface area contributed by atoms with Gasteiger partial charge in [0.1, 0.15) is 17.1 Å². The quantitative estimate of drug-likeness (QED) is 0.752. The number of furan rings is 1. The van der Waals surface area contributed by atoms with E-state index in [9.17, 15) is 9.90 Å². The number of nitrogens with zero attached hydrogens (tertiary/aromatic N) is 4. The molecule has 162 valence electrons. The second kappa shape index (κ2) is 8.15. The fraction of sp³-hybridized carbons (Fsp3) is 0.682. The summed E-state index contributed by atoms with van der Waals surface area (Å²) in [6.45, 7) is 3.04. The first-order chi connectivity index (χ1) is 14.6. The lowest BCUT2D eigenvalue weighted by molar-refractivity contribution is -0.133. The van der Waals surface area contributed by atoms with E-state index in [4.69, 9.17) is 4.42 Å². The molecule has 4 fully saturated rings. The highest BCUT2D eigenvalue weighted by atomic mass is 16.3. The number of rotatable bonds is 6. The third-order valence-corrected chi connectivity index (χ3v) is 7.33. The van der Waals surface area contributed by atoms with Crippen LogP contribution in [0.25, 0.3) is 0 Å². The molecule has 8 nitrogen and oxygen atoms in total. The van der Waals surface area contributed by atoms with Gasteiger partial charge in [0.05, 0.1) is 31.5 Å². The van der Waals surface area contributed by atoms with Crippen LogP contribution in [-0.4, -0.2) is 50.0 Å². The van der Waals surface area contributed by atoms with Gasteiger partial charge in [-0.2, -0.15) is 0 Å². The third kappa shape index (κ3) is 3.90. The molecule has 2 bridgehead atoms. The minimum absolute atomic E-state index is 0.0409. The molecular weight excluding hydrogens is 382 g/mol. The molecule has 1 aliphatic carbocycles. The van der Waals surface area contributed by atoms with Crippen molar-refractivity contribution in [2.45, 2.75) is 69.7 Å². The van der Waals surface area contributed by atoms with Crippen LogP contribution in [0.3, 0.4) is 0 Å². The average molecular weight is 414 g/mol. The summed E-state index contributed by atoms with van der Waals surface area (Å²) in [6.07, 6.45) is 10.5. The number of hydrogen-bond acceptors (Lipinski definition) is 6. The standard InChI is InChI=1S/C22H31N5O3/c28-21(23-12-18-5-4-10-30-18)19-14-26-9-6-16(19)11-17(26)13-27-15-20(24-25-27)22(29)7-2-1-3-8-22/h4-5,10,15-17,19,29H,1-3,6-9,11-14H2,(H,23,28)/t16-,17-,19+/m1/s1. The smallest absolute Gasteiger partial charge is 0.225 e. The summed E-state index contributed by atoms with van der Waals surface area (Å²) < 4.78 is 7.20. The number of hydrogen-bond donors (Lipinski definition) is 2. The number of nitrogens with one attached hydrogen (secondary N) is 1. The summed E-state index contributed by atoms with van der Waals surface area (Å²) in [5, 5.41) is 22.6. The summed E-state index contributed by atoms with van der Waals surface area (Å²) in [5.41, 5.74) is -0.0900. The number of amides is 1. The van der Waals surface area contributed by atoms with Crippen molar-refractivity contribution in [3.63, 3.8) is 0 Å².